The van der Waals surface area contributed by atoms with Gasteiger partial charge < -0.3 is 5.73 Å². The Kier molecular flexibility index (Phi) is 1.60. The molecule has 1 aliphatic carbocycles. The van der Waals surface area contributed by atoms with Gasteiger partial charge in [0.1, 0.15) is 5.82 Å². The number of hydrogen-bond acceptors (Lipinski definition) is 3. The van der Waals surface area contributed by atoms with Crippen molar-refractivity contribution in [2.75, 3.05) is 5.73 Å². The van der Waals surface area contributed by atoms with Gasteiger partial charge in [-0.05, 0) is 18.8 Å². The van der Waals surface area contributed by atoms with Crippen LogP contribution in [0.15, 0.2) is 6.20 Å². The second-order valence-corrected chi connectivity index (χ2v) is 3.23. The van der Waals surface area contributed by atoms with Crippen molar-refractivity contribution >= 4 is 12.1 Å². The number of aldehydes is 1. The van der Waals surface area contributed by atoms with Gasteiger partial charge in [0.15, 0.2) is 6.29 Å². The molecule has 0 bridgehead atoms. The van der Waals surface area contributed by atoms with E-state index in [1.165, 1.54) is 19.0 Å². The van der Waals surface area contributed by atoms with Crippen molar-refractivity contribution in [1.29, 1.82) is 0 Å². The van der Waals surface area contributed by atoms with E-state index in [1.54, 1.807) is 4.68 Å². The molecule has 0 amide bonds. The van der Waals surface area contributed by atoms with Crippen molar-refractivity contribution < 1.29 is 4.79 Å². The normalized spacial score (nSPS) is 16.3. The van der Waals surface area contributed by atoms with Crippen LogP contribution in [-0.2, 0) is 6.54 Å². The van der Waals surface area contributed by atoms with Gasteiger partial charge >= 0.3 is 0 Å². The van der Waals surface area contributed by atoms with Crippen molar-refractivity contribution in [1.82, 2.24) is 9.78 Å². The minimum absolute atomic E-state index is 0.496. The Bertz CT molecular complexity index is 301. The molecule has 1 heterocycles. The van der Waals surface area contributed by atoms with E-state index >= 15 is 0 Å². The highest BCUT2D eigenvalue weighted by Crippen LogP contribution is 2.31. The zero-order valence-corrected chi connectivity index (χ0v) is 6.73. The number of carbonyl (C=O) groups is 1. The highest BCUT2D eigenvalue weighted by molar-refractivity contribution is 5.81. The summed E-state index contributed by atoms with van der Waals surface area (Å²) in [6, 6.07) is 0. The molecule has 1 aromatic heterocycles. The number of carbonyl (C=O) groups excluding carboxylic acids is 1. The summed E-state index contributed by atoms with van der Waals surface area (Å²) >= 11 is 0. The van der Waals surface area contributed by atoms with E-state index in [4.69, 9.17) is 5.73 Å². The molecule has 12 heavy (non-hydrogen) atoms. The number of aromatic nitrogens is 2. The van der Waals surface area contributed by atoms with Gasteiger partial charge in [0, 0.05) is 6.54 Å². The standard InChI is InChI=1S/C8H11N3O/c9-8-7(5-12)3-10-11(8)4-6-1-2-6/h3,5-6H,1-2,4,9H2. The number of hydrogen-bond donors (Lipinski definition) is 1. The van der Waals surface area contributed by atoms with E-state index < -0.39 is 0 Å². The van der Waals surface area contributed by atoms with Crippen LogP contribution in [0.2, 0.25) is 0 Å². The number of nitrogen functional groups attached to an aromatic ring is 1. The van der Waals surface area contributed by atoms with Gasteiger partial charge in [0.05, 0.1) is 11.8 Å². The van der Waals surface area contributed by atoms with Gasteiger partial charge in [-0.15, -0.1) is 0 Å². The molecule has 0 aliphatic heterocycles. The van der Waals surface area contributed by atoms with E-state index in [0.717, 1.165) is 18.7 Å². The molecule has 2 rings (SSSR count). The van der Waals surface area contributed by atoms with Crippen molar-refractivity contribution in [3.8, 4) is 0 Å². The highest BCUT2D eigenvalue weighted by atomic mass is 16.1. The van der Waals surface area contributed by atoms with Crippen LogP contribution in [-0.4, -0.2) is 16.1 Å². The lowest BCUT2D eigenvalue weighted by molar-refractivity contribution is 0.112. The van der Waals surface area contributed by atoms with Crippen molar-refractivity contribution in [2.24, 2.45) is 5.92 Å². The SMILES string of the molecule is Nc1c(C=O)cnn1CC1CC1. The van der Waals surface area contributed by atoms with Crippen LogP contribution in [0.4, 0.5) is 5.82 Å². The molecule has 1 aromatic rings. The van der Waals surface area contributed by atoms with Gasteiger partial charge in [-0.25, -0.2) is 4.68 Å². The molecule has 2 N–H and O–H groups in total. The summed E-state index contributed by atoms with van der Waals surface area (Å²) in [5.41, 5.74) is 6.16. The maximum Gasteiger partial charge on any atom is 0.155 e. The molecule has 1 saturated carbocycles. The molecule has 0 atom stereocenters. The summed E-state index contributed by atoms with van der Waals surface area (Å²) in [4.78, 5) is 10.4. The van der Waals surface area contributed by atoms with Gasteiger partial charge in [-0.3, -0.25) is 4.79 Å². The molecule has 0 radical (unpaired) electrons. The summed E-state index contributed by atoms with van der Waals surface area (Å²) in [6.45, 7) is 0.861. The minimum Gasteiger partial charge on any atom is -0.383 e. The topological polar surface area (TPSA) is 60.9 Å². The first-order valence-corrected chi connectivity index (χ1v) is 4.07. The number of rotatable bonds is 3. The van der Waals surface area contributed by atoms with E-state index in [2.05, 4.69) is 5.10 Å². The molecule has 0 saturated heterocycles. The zero-order chi connectivity index (χ0) is 8.55. The predicted octanol–water partition coefficient (Wildman–Crippen LogP) is 0.688. The van der Waals surface area contributed by atoms with Crippen LogP contribution in [0.5, 0.6) is 0 Å². The van der Waals surface area contributed by atoms with Crippen molar-refractivity contribution in [3.63, 3.8) is 0 Å². The largest absolute Gasteiger partial charge is 0.383 e. The summed E-state index contributed by atoms with van der Waals surface area (Å²) in [6.07, 6.45) is 4.78. The Balaban J connectivity index is 2.18. The predicted molar refractivity (Wildman–Crippen MR) is 44.8 cm³/mol. The van der Waals surface area contributed by atoms with Gasteiger partial charge in [0.2, 0.25) is 0 Å². The van der Waals surface area contributed by atoms with Crippen LogP contribution in [0.1, 0.15) is 23.2 Å². The Labute approximate surface area is 70.4 Å². The van der Waals surface area contributed by atoms with Crippen LogP contribution in [0.25, 0.3) is 0 Å². The third-order valence-corrected chi connectivity index (χ3v) is 2.17. The number of anilines is 1. The molecule has 1 aliphatic rings. The second-order valence-electron chi connectivity index (χ2n) is 3.23. The summed E-state index contributed by atoms with van der Waals surface area (Å²) in [5.74, 6) is 1.23. The Morgan fingerprint density at radius 3 is 3.00 bits per heavy atom. The minimum atomic E-state index is 0.496. The Morgan fingerprint density at radius 2 is 2.50 bits per heavy atom. The molecule has 0 aromatic carbocycles. The van der Waals surface area contributed by atoms with Gasteiger partial charge in [0.25, 0.3) is 0 Å². The van der Waals surface area contributed by atoms with E-state index in [0.29, 0.717) is 11.4 Å². The monoisotopic (exact) mass is 165 g/mol. The van der Waals surface area contributed by atoms with Gasteiger partial charge in [-0.1, -0.05) is 0 Å². The molecule has 1 fully saturated rings. The maximum atomic E-state index is 10.4. The van der Waals surface area contributed by atoms with E-state index in [-0.39, 0.29) is 0 Å². The zero-order valence-electron chi connectivity index (χ0n) is 6.73. The molecule has 4 nitrogen and oxygen atoms in total. The quantitative estimate of drug-likeness (QED) is 0.670. The number of nitrogens with zero attached hydrogens (tertiary/aromatic N) is 2. The average molecular weight is 165 g/mol. The van der Waals surface area contributed by atoms with E-state index in [1.807, 2.05) is 0 Å². The molecular weight excluding hydrogens is 154 g/mol. The second kappa shape index (κ2) is 2.62. The fraction of sp³-hybridized carbons (Fsp3) is 0.500. The van der Waals surface area contributed by atoms with Gasteiger partial charge in [-0.2, -0.15) is 5.10 Å². The molecule has 64 valence electrons. The van der Waals surface area contributed by atoms with Crippen LogP contribution >= 0.6 is 0 Å². The lowest BCUT2D eigenvalue weighted by Gasteiger charge is -2.00. The third kappa shape index (κ3) is 1.20. The average Bonchev–Trinajstić information content (AvgIpc) is 2.80. The van der Waals surface area contributed by atoms with Crippen molar-refractivity contribution in [3.05, 3.63) is 11.8 Å². The number of nitrogens with two attached hydrogens (primary N) is 1. The molecule has 0 spiro atoms. The van der Waals surface area contributed by atoms with Crippen molar-refractivity contribution in [2.45, 2.75) is 19.4 Å². The van der Waals surface area contributed by atoms with Crippen LogP contribution in [0, 0.1) is 5.92 Å². The third-order valence-electron chi connectivity index (χ3n) is 2.17. The summed E-state index contributed by atoms with van der Waals surface area (Å²) in [5, 5.41) is 4.03. The first-order valence-electron chi connectivity index (χ1n) is 4.07. The van der Waals surface area contributed by atoms with Crippen LogP contribution < -0.4 is 5.73 Å². The molecular formula is C8H11N3O. The fourth-order valence-corrected chi connectivity index (χ4v) is 1.19. The summed E-state index contributed by atoms with van der Waals surface area (Å²) < 4.78 is 1.71. The Morgan fingerprint density at radius 1 is 1.75 bits per heavy atom. The van der Waals surface area contributed by atoms with E-state index in [9.17, 15) is 4.79 Å². The molecule has 4 heteroatoms. The highest BCUT2D eigenvalue weighted by Gasteiger charge is 2.23. The lowest BCUT2D eigenvalue weighted by atomic mass is 10.3. The molecule has 0 unspecified atom stereocenters. The Hall–Kier alpha value is -1.32. The fourth-order valence-electron chi connectivity index (χ4n) is 1.19. The summed E-state index contributed by atoms with van der Waals surface area (Å²) in [7, 11) is 0. The first-order chi connectivity index (χ1) is 5.81. The lowest BCUT2D eigenvalue weighted by Crippen LogP contribution is -2.06. The smallest absolute Gasteiger partial charge is 0.155 e. The van der Waals surface area contributed by atoms with Crippen LogP contribution in [0.3, 0.4) is 0 Å². The first kappa shape index (κ1) is 7.34. The maximum absolute atomic E-state index is 10.4.